The second-order valence-corrected chi connectivity index (χ2v) is 8.12. The van der Waals surface area contributed by atoms with Crippen molar-refractivity contribution in [3.05, 3.63) is 96.1 Å². The molecule has 3 heteroatoms. The van der Waals surface area contributed by atoms with Crippen LogP contribution in [-0.4, -0.2) is 18.1 Å². The maximum absolute atomic E-state index is 5.75. The highest BCUT2D eigenvalue weighted by Crippen LogP contribution is 2.33. The average Bonchev–Trinajstić information content (AvgIpc) is 3.17. The standard InChI is InChI=1S/C28H27N3/c29-13-11-19-3-1-5-21(15-19)23-7-9-27-25(17-23)26-18-24(8-10-28(26)31-27)22-6-2-4-20(16-22)12-14-30/h1-10,15-18,31H,11-14,29-30H2. The van der Waals surface area contributed by atoms with Crippen LogP contribution in [0, 0.1) is 0 Å². The SMILES string of the molecule is NCCc1cccc(-c2ccc3[nH]c4ccc(-c5cccc(CCN)c5)cc4c3c2)c1. The van der Waals surface area contributed by atoms with Gasteiger partial charge in [0.15, 0.2) is 0 Å². The van der Waals surface area contributed by atoms with Gasteiger partial charge in [-0.2, -0.15) is 0 Å². The molecule has 0 unspecified atom stereocenters. The van der Waals surface area contributed by atoms with Crippen LogP contribution in [0.3, 0.4) is 0 Å². The number of fused-ring (bicyclic) bond motifs is 3. The molecule has 154 valence electrons. The molecule has 0 radical (unpaired) electrons. The number of hydrogen-bond acceptors (Lipinski definition) is 2. The summed E-state index contributed by atoms with van der Waals surface area (Å²) in [4.78, 5) is 3.57. The highest BCUT2D eigenvalue weighted by molar-refractivity contribution is 6.09. The van der Waals surface area contributed by atoms with E-state index < -0.39 is 0 Å². The molecular formula is C28H27N3. The number of hydrogen-bond donors (Lipinski definition) is 3. The monoisotopic (exact) mass is 405 g/mol. The van der Waals surface area contributed by atoms with Crippen molar-refractivity contribution in [2.45, 2.75) is 12.8 Å². The first kappa shape index (κ1) is 19.6. The van der Waals surface area contributed by atoms with Crippen LogP contribution >= 0.6 is 0 Å². The van der Waals surface area contributed by atoms with Gasteiger partial charge in [-0.3, -0.25) is 0 Å². The molecule has 0 fully saturated rings. The van der Waals surface area contributed by atoms with E-state index in [2.05, 4.69) is 89.9 Å². The fourth-order valence-corrected chi connectivity index (χ4v) is 4.40. The first-order chi connectivity index (χ1) is 15.2. The lowest BCUT2D eigenvalue weighted by atomic mass is 9.98. The molecule has 3 nitrogen and oxygen atoms in total. The lowest BCUT2D eigenvalue weighted by Crippen LogP contribution is -2.02. The first-order valence-corrected chi connectivity index (χ1v) is 10.9. The second-order valence-electron chi connectivity index (χ2n) is 8.12. The Morgan fingerprint density at radius 1 is 0.516 bits per heavy atom. The van der Waals surface area contributed by atoms with Crippen LogP contribution < -0.4 is 11.5 Å². The molecule has 0 saturated carbocycles. The topological polar surface area (TPSA) is 67.8 Å². The fraction of sp³-hybridized carbons (Fsp3) is 0.143. The molecule has 0 aliphatic heterocycles. The lowest BCUT2D eigenvalue weighted by molar-refractivity contribution is 0.969. The van der Waals surface area contributed by atoms with Crippen LogP contribution in [-0.2, 0) is 12.8 Å². The molecule has 0 atom stereocenters. The Bertz CT molecular complexity index is 1260. The van der Waals surface area contributed by atoms with E-state index in [9.17, 15) is 0 Å². The number of H-pyrrole nitrogens is 1. The average molecular weight is 406 g/mol. The third kappa shape index (κ3) is 3.86. The van der Waals surface area contributed by atoms with Crippen LogP contribution in [0.4, 0.5) is 0 Å². The molecular weight excluding hydrogens is 378 g/mol. The van der Waals surface area contributed by atoms with Gasteiger partial charge in [-0.25, -0.2) is 0 Å². The zero-order valence-electron chi connectivity index (χ0n) is 17.6. The number of benzene rings is 4. The summed E-state index contributed by atoms with van der Waals surface area (Å²) < 4.78 is 0. The quantitative estimate of drug-likeness (QED) is 0.341. The second kappa shape index (κ2) is 8.38. The van der Waals surface area contributed by atoms with Gasteiger partial charge in [0.1, 0.15) is 0 Å². The zero-order valence-corrected chi connectivity index (χ0v) is 17.6. The van der Waals surface area contributed by atoms with Crippen molar-refractivity contribution < 1.29 is 0 Å². The minimum Gasteiger partial charge on any atom is -0.355 e. The summed E-state index contributed by atoms with van der Waals surface area (Å²) >= 11 is 0. The molecule has 31 heavy (non-hydrogen) atoms. The highest BCUT2D eigenvalue weighted by Gasteiger charge is 2.09. The molecule has 0 saturated heterocycles. The normalized spacial score (nSPS) is 11.4. The van der Waals surface area contributed by atoms with Gasteiger partial charge >= 0.3 is 0 Å². The molecule has 0 amide bonds. The predicted octanol–water partition coefficient (Wildman–Crippen LogP) is 5.66. The van der Waals surface area contributed by atoms with Gasteiger partial charge in [-0.1, -0.05) is 60.7 Å². The molecule has 1 heterocycles. The van der Waals surface area contributed by atoms with Crippen LogP contribution in [0.5, 0.6) is 0 Å². The maximum Gasteiger partial charge on any atom is 0.0465 e. The Balaban J connectivity index is 1.61. The number of nitrogens with two attached hydrogens (primary N) is 2. The van der Waals surface area contributed by atoms with Gasteiger partial charge in [0.05, 0.1) is 0 Å². The van der Waals surface area contributed by atoms with Gasteiger partial charge in [0, 0.05) is 21.8 Å². The Hall–Kier alpha value is -3.40. The number of nitrogens with one attached hydrogen (secondary N) is 1. The van der Waals surface area contributed by atoms with E-state index >= 15 is 0 Å². The summed E-state index contributed by atoms with van der Waals surface area (Å²) in [5, 5.41) is 2.49. The first-order valence-electron chi connectivity index (χ1n) is 10.9. The molecule has 0 spiro atoms. The molecule has 5 aromatic rings. The van der Waals surface area contributed by atoms with E-state index in [1.165, 1.54) is 44.2 Å². The summed E-state index contributed by atoms with van der Waals surface area (Å²) in [6.45, 7) is 1.33. The molecule has 4 aromatic carbocycles. The molecule has 5 N–H and O–H groups in total. The molecule has 5 rings (SSSR count). The molecule has 0 aliphatic rings. The van der Waals surface area contributed by atoms with Crippen LogP contribution in [0.15, 0.2) is 84.9 Å². The van der Waals surface area contributed by atoms with Gasteiger partial charge < -0.3 is 16.5 Å². The smallest absolute Gasteiger partial charge is 0.0465 e. The maximum atomic E-state index is 5.75. The number of aromatic amines is 1. The molecule has 0 aliphatic carbocycles. The van der Waals surface area contributed by atoms with Crippen LogP contribution in [0.2, 0.25) is 0 Å². The van der Waals surface area contributed by atoms with Crippen molar-refractivity contribution in [2.75, 3.05) is 13.1 Å². The van der Waals surface area contributed by atoms with Gasteiger partial charge in [0.2, 0.25) is 0 Å². The van der Waals surface area contributed by atoms with E-state index in [1.807, 2.05) is 0 Å². The third-order valence-corrected chi connectivity index (χ3v) is 5.99. The van der Waals surface area contributed by atoms with Gasteiger partial charge in [-0.15, -0.1) is 0 Å². The van der Waals surface area contributed by atoms with Crippen molar-refractivity contribution in [3.63, 3.8) is 0 Å². The van der Waals surface area contributed by atoms with Gasteiger partial charge in [-0.05, 0) is 83.6 Å². The minimum atomic E-state index is 0.667. The van der Waals surface area contributed by atoms with Crippen molar-refractivity contribution in [2.24, 2.45) is 11.5 Å². The molecule has 1 aromatic heterocycles. The number of rotatable bonds is 6. The summed E-state index contributed by atoms with van der Waals surface area (Å²) in [7, 11) is 0. The van der Waals surface area contributed by atoms with E-state index in [-0.39, 0.29) is 0 Å². The van der Waals surface area contributed by atoms with E-state index in [4.69, 9.17) is 11.5 Å². The van der Waals surface area contributed by atoms with E-state index in [1.54, 1.807) is 0 Å². The van der Waals surface area contributed by atoms with Crippen LogP contribution in [0.1, 0.15) is 11.1 Å². The fourth-order valence-electron chi connectivity index (χ4n) is 4.40. The lowest BCUT2D eigenvalue weighted by Gasteiger charge is -2.07. The van der Waals surface area contributed by atoms with Crippen LogP contribution in [0.25, 0.3) is 44.1 Å². The Morgan fingerprint density at radius 2 is 0.968 bits per heavy atom. The van der Waals surface area contributed by atoms with E-state index in [0.717, 1.165) is 23.9 Å². The summed E-state index contributed by atoms with van der Waals surface area (Å²) in [6, 6.07) is 30.7. The minimum absolute atomic E-state index is 0.667. The van der Waals surface area contributed by atoms with E-state index in [0.29, 0.717) is 13.1 Å². The Labute approximate surface area is 182 Å². The van der Waals surface area contributed by atoms with Crippen molar-refractivity contribution in [1.82, 2.24) is 4.98 Å². The highest BCUT2D eigenvalue weighted by atomic mass is 14.7. The summed E-state index contributed by atoms with van der Waals surface area (Å²) in [6.07, 6.45) is 1.80. The predicted molar refractivity (Wildman–Crippen MR) is 132 cm³/mol. The van der Waals surface area contributed by atoms with Gasteiger partial charge in [0.25, 0.3) is 0 Å². The largest absolute Gasteiger partial charge is 0.355 e. The van der Waals surface area contributed by atoms with Crippen molar-refractivity contribution in [1.29, 1.82) is 0 Å². The summed E-state index contributed by atoms with van der Waals surface area (Å²) in [5.41, 5.74) is 21.3. The Morgan fingerprint density at radius 3 is 1.42 bits per heavy atom. The third-order valence-electron chi connectivity index (χ3n) is 5.99. The van der Waals surface area contributed by atoms with Crippen molar-refractivity contribution >= 4 is 21.8 Å². The van der Waals surface area contributed by atoms with Crippen molar-refractivity contribution in [3.8, 4) is 22.3 Å². The Kier molecular flexibility index (Phi) is 5.29. The molecule has 0 bridgehead atoms. The zero-order chi connectivity index (χ0) is 21.2. The summed E-state index contributed by atoms with van der Waals surface area (Å²) in [5.74, 6) is 0. The number of aromatic nitrogens is 1.